The van der Waals surface area contributed by atoms with Gasteiger partial charge < -0.3 is 0 Å². The Morgan fingerprint density at radius 2 is 2.00 bits per heavy atom. The molecule has 0 unspecified atom stereocenters. The summed E-state index contributed by atoms with van der Waals surface area (Å²) in [5.41, 5.74) is 0. The van der Waals surface area contributed by atoms with Gasteiger partial charge in [0.1, 0.15) is 16.5 Å². The highest BCUT2D eigenvalue weighted by Gasteiger charge is 2.42. The Labute approximate surface area is 123 Å². The van der Waals surface area contributed by atoms with Gasteiger partial charge in [0, 0.05) is 12.1 Å². The van der Waals surface area contributed by atoms with E-state index in [0.29, 0.717) is 17.9 Å². The molecule has 0 aliphatic heterocycles. The lowest BCUT2D eigenvalue weighted by molar-refractivity contribution is 0.280. The number of nitrogens with one attached hydrogen (secondary N) is 1. The lowest BCUT2D eigenvalue weighted by Gasteiger charge is -2.28. The molecular weight excluding hydrogens is 296 g/mol. The Morgan fingerprint density at radius 3 is 2.57 bits per heavy atom. The van der Waals surface area contributed by atoms with Gasteiger partial charge in [-0.3, -0.25) is 0 Å². The van der Waals surface area contributed by atoms with Crippen LogP contribution in [0, 0.1) is 29.4 Å². The smallest absolute Gasteiger partial charge is 0.208 e. The number of halogens is 2. The predicted molar refractivity (Wildman–Crippen MR) is 75.1 cm³/mol. The summed E-state index contributed by atoms with van der Waals surface area (Å²) in [7, 11) is -3.95. The van der Waals surface area contributed by atoms with Crippen molar-refractivity contribution < 1.29 is 17.2 Å². The van der Waals surface area contributed by atoms with E-state index in [1.54, 1.807) is 0 Å². The van der Waals surface area contributed by atoms with Crippen LogP contribution in [0.1, 0.15) is 32.6 Å². The van der Waals surface area contributed by atoms with Crippen molar-refractivity contribution >= 4 is 10.0 Å². The van der Waals surface area contributed by atoms with Gasteiger partial charge in [0.05, 0.1) is 0 Å². The number of rotatable bonds is 4. The Kier molecular flexibility index (Phi) is 3.78. The first kappa shape index (κ1) is 14.9. The van der Waals surface area contributed by atoms with E-state index >= 15 is 0 Å². The molecule has 2 aliphatic rings. The molecule has 116 valence electrons. The third-order valence-corrected chi connectivity index (χ3v) is 6.55. The maximum Gasteiger partial charge on any atom is 0.243 e. The van der Waals surface area contributed by atoms with Crippen LogP contribution in [0.3, 0.4) is 0 Å². The molecule has 0 heterocycles. The van der Waals surface area contributed by atoms with Crippen molar-refractivity contribution in [3.05, 3.63) is 29.8 Å². The SMILES string of the molecule is C[C@@H](NS(=O)(=O)c1ccc(F)cc1F)[C@@H]1C[C@H]2CC[C@H]1C2. The minimum Gasteiger partial charge on any atom is -0.208 e. The zero-order valence-corrected chi connectivity index (χ0v) is 12.7. The van der Waals surface area contributed by atoms with Crippen molar-refractivity contribution in [3.8, 4) is 0 Å². The molecule has 2 fully saturated rings. The molecule has 2 aliphatic carbocycles. The summed E-state index contributed by atoms with van der Waals surface area (Å²) >= 11 is 0. The third-order valence-electron chi connectivity index (χ3n) is 4.96. The van der Waals surface area contributed by atoms with Gasteiger partial charge in [-0.05, 0) is 56.1 Å². The van der Waals surface area contributed by atoms with Gasteiger partial charge in [-0.25, -0.2) is 21.9 Å². The fourth-order valence-corrected chi connectivity index (χ4v) is 5.35. The van der Waals surface area contributed by atoms with Crippen molar-refractivity contribution in [1.29, 1.82) is 0 Å². The van der Waals surface area contributed by atoms with Gasteiger partial charge in [0.15, 0.2) is 0 Å². The zero-order chi connectivity index (χ0) is 15.2. The molecule has 0 saturated heterocycles. The summed E-state index contributed by atoms with van der Waals surface area (Å²) in [5, 5.41) is 0. The Hall–Kier alpha value is -1.01. The lowest BCUT2D eigenvalue weighted by Crippen LogP contribution is -2.40. The van der Waals surface area contributed by atoms with Crippen molar-refractivity contribution in [1.82, 2.24) is 4.72 Å². The number of fused-ring (bicyclic) bond motifs is 2. The fourth-order valence-electron chi connectivity index (χ4n) is 4.00. The van der Waals surface area contributed by atoms with E-state index in [-0.39, 0.29) is 6.04 Å². The number of sulfonamides is 1. The van der Waals surface area contributed by atoms with Crippen LogP contribution in [-0.2, 0) is 10.0 Å². The van der Waals surface area contributed by atoms with E-state index in [1.807, 2.05) is 6.92 Å². The molecule has 2 bridgehead atoms. The highest BCUT2D eigenvalue weighted by molar-refractivity contribution is 7.89. The molecule has 1 aromatic rings. The van der Waals surface area contributed by atoms with Crippen LogP contribution in [-0.4, -0.2) is 14.5 Å². The minimum absolute atomic E-state index is 0.227. The maximum atomic E-state index is 13.7. The highest BCUT2D eigenvalue weighted by Crippen LogP contribution is 2.49. The van der Waals surface area contributed by atoms with E-state index in [9.17, 15) is 17.2 Å². The zero-order valence-electron chi connectivity index (χ0n) is 11.9. The number of hydrogen-bond acceptors (Lipinski definition) is 2. The van der Waals surface area contributed by atoms with Crippen LogP contribution >= 0.6 is 0 Å². The maximum absolute atomic E-state index is 13.7. The quantitative estimate of drug-likeness (QED) is 0.928. The summed E-state index contributed by atoms with van der Waals surface area (Å²) in [6.45, 7) is 1.84. The van der Waals surface area contributed by atoms with Gasteiger partial charge in [0.2, 0.25) is 10.0 Å². The molecule has 2 saturated carbocycles. The van der Waals surface area contributed by atoms with E-state index in [4.69, 9.17) is 0 Å². The molecule has 1 N–H and O–H groups in total. The molecule has 3 rings (SSSR count). The normalized spacial score (nSPS) is 29.8. The molecule has 1 aromatic carbocycles. The second-order valence-electron chi connectivity index (χ2n) is 6.32. The number of benzene rings is 1. The summed E-state index contributed by atoms with van der Waals surface area (Å²) in [5.74, 6) is -0.224. The number of hydrogen-bond donors (Lipinski definition) is 1. The summed E-state index contributed by atoms with van der Waals surface area (Å²) < 4.78 is 53.7. The summed E-state index contributed by atoms with van der Waals surface area (Å²) in [6, 6.07) is 2.30. The van der Waals surface area contributed by atoms with Gasteiger partial charge in [-0.2, -0.15) is 0 Å². The topological polar surface area (TPSA) is 46.2 Å². The van der Waals surface area contributed by atoms with Crippen LogP contribution in [0.2, 0.25) is 0 Å². The van der Waals surface area contributed by atoms with Crippen LogP contribution in [0.5, 0.6) is 0 Å². The van der Waals surface area contributed by atoms with Gasteiger partial charge in [0.25, 0.3) is 0 Å². The fraction of sp³-hybridized carbons (Fsp3) is 0.600. The molecule has 0 amide bonds. The average Bonchev–Trinajstić information content (AvgIpc) is 2.99. The minimum atomic E-state index is -3.95. The summed E-state index contributed by atoms with van der Waals surface area (Å²) in [6.07, 6.45) is 4.63. The predicted octanol–water partition coefficient (Wildman–Crippen LogP) is 3.07. The van der Waals surface area contributed by atoms with E-state index in [0.717, 1.165) is 30.9 Å². The van der Waals surface area contributed by atoms with Crippen LogP contribution in [0.4, 0.5) is 8.78 Å². The van der Waals surface area contributed by atoms with Crippen molar-refractivity contribution in [2.24, 2.45) is 17.8 Å². The molecule has 4 atom stereocenters. The van der Waals surface area contributed by atoms with Crippen LogP contribution in [0.15, 0.2) is 23.1 Å². The van der Waals surface area contributed by atoms with Crippen molar-refractivity contribution in [2.45, 2.75) is 43.5 Å². The average molecular weight is 315 g/mol. The van der Waals surface area contributed by atoms with Crippen molar-refractivity contribution in [3.63, 3.8) is 0 Å². The Bertz CT molecular complexity index is 647. The van der Waals surface area contributed by atoms with Gasteiger partial charge in [-0.15, -0.1) is 0 Å². The van der Waals surface area contributed by atoms with Gasteiger partial charge in [-0.1, -0.05) is 6.42 Å². The molecule has 6 heteroatoms. The lowest BCUT2D eigenvalue weighted by atomic mass is 9.84. The van der Waals surface area contributed by atoms with E-state index in [1.165, 1.54) is 12.8 Å². The first-order valence-corrected chi connectivity index (χ1v) is 8.82. The first-order valence-electron chi connectivity index (χ1n) is 7.34. The van der Waals surface area contributed by atoms with Crippen LogP contribution < -0.4 is 4.72 Å². The van der Waals surface area contributed by atoms with Crippen LogP contribution in [0.25, 0.3) is 0 Å². The molecular formula is C15H19F2NO2S. The second-order valence-corrected chi connectivity index (χ2v) is 8.01. The van der Waals surface area contributed by atoms with E-state index < -0.39 is 26.6 Å². The molecule has 0 aromatic heterocycles. The van der Waals surface area contributed by atoms with Crippen molar-refractivity contribution in [2.75, 3.05) is 0 Å². The molecule has 21 heavy (non-hydrogen) atoms. The Morgan fingerprint density at radius 1 is 1.24 bits per heavy atom. The highest BCUT2D eigenvalue weighted by atomic mass is 32.2. The summed E-state index contributed by atoms with van der Waals surface area (Å²) in [4.78, 5) is -0.487. The molecule has 0 spiro atoms. The standard InChI is InChI=1S/C15H19F2NO2S/c1-9(13-7-10-2-3-11(13)6-10)18-21(19,20)15-5-4-12(16)8-14(15)17/h4-5,8-11,13,18H,2-3,6-7H2,1H3/t9-,10+,11+,13+/m1/s1. The molecule has 3 nitrogen and oxygen atoms in total. The third kappa shape index (κ3) is 2.83. The largest absolute Gasteiger partial charge is 0.243 e. The first-order chi connectivity index (χ1) is 9.87. The second kappa shape index (κ2) is 5.32. The van der Waals surface area contributed by atoms with Gasteiger partial charge >= 0.3 is 0 Å². The Balaban J connectivity index is 1.76. The molecule has 0 radical (unpaired) electrons. The monoisotopic (exact) mass is 315 g/mol. The van der Waals surface area contributed by atoms with E-state index in [2.05, 4.69) is 4.72 Å².